The molecule has 1 fully saturated rings. The third-order valence-corrected chi connectivity index (χ3v) is 4.40. The van der Waals surface area contributed by atoms with Crippen LogP contribution in [0.2, 0.25) is 0 Å². The number of carbonyl (C=O) groups is 2. The molecule has 2 aliphatic heterocycles. The minimum Gasteiger partial charge on any atom is -0.454 e. The molecule has 0 radical (unpaired) electrons. The number of fused-ring (bicyclic) bond motifs is 1. The third-order valence-electron chi connectivity index (χ3n) is 4.40. The molecule has 0 aliphatic carbocycles. The van der Waals surface area contributed by atoms with Gasteiger partial charge in [-0.25, -0.2) is 0 Å². The zero-order chi connectivity index (χ0) is 16.3. The fourth-order valence-electron chi connectivity index (χ4n) is 2.84. The predicted octanol–water partition coefficient (Wildman–Crippen LogP) is 0.356. The van der Waals surface area contributed by atoms with E-state index in [9.17, 15) is 9.59 Å². The van der Waals surface area contributed by atoms with Crippen LogP contribution in [0.15, 0.2) is 18.2 Å². The number of rotatable bonds is 5. The van der Waals surface area contributed by atoms with Crippen molar-refractivity contribution in [2.24, 2.45) is 11.1 Å². The van der Waals surface area contributed by atoms with Gasteiger partial charge in [0.2, 0.25) is 18.6 Å². The summed E-state index contributed by atoms with van der Waals surface area (Å²) < 4.78 is 15.8. The van der Waals surface area contributed by atoms with Gasteiger partial charge in [0, 0.05) is 19.8 Å². The van der Waals surface area contributed by atoms with Crippen LogP contribution in [0.1, 0.15) is 18.4 Å². The van der Waals surface area contributed by atoms with Gasteiger partial charge in [-0.2, -0.15) is 0 Å². The van der Waals surface area contributed by atoms with Gasteiger partial charge in [-0.15, -0.1) is 0 Å². The molecule has 1 saturated heterocycles. The topological polar surface area (TPSA) is 99.9 Å². The number of amides is 2. The van der Waals surface area contributed by atoms with Crippen LogP contribution < -0.4 is 20.5 Å². The van der Waals surface area contributed by atoms with E-state index in [2.05, 4.69) is 5.32 Å². The van der Waals surface area contributed by atoms with Crippen molar-refractivity contribution in [1.29, 1.82) is 0 Å². The minimum absolute atomic E-state index is 0.156. The molecule has 7 nitrogen and oxygen atoms in total. The van der Waals surface area contributed by atoms with Gasteiger partial charge >= 0.3 is 0 Å². The van der Waals surface area contributed by atoms with E-state index in [0.717, 1.165) is 5.56 Å². The van der Waals surface area contributed by atoms with E-state index in [1.807, 2.05) is 6.07 Å². The highest BCUT2D eigenvalue weighted by molar-refractivity contribution is 5.83. The van der Waals surface area contributed by atoms with Crippen LogP contribution in [0.25, 0.3) is 0 Å². The Balaban J connectivity index is 1.57. The van der Waals surface area contributed by atoms with Gasteiger partial charge in [0.1, 0.15) is 0 Å². The number of hydrogen-bond acceptors (Lipinski definition) is 5. The molecule has 0 unspecified atom stereocenters. The van der Waals surface area contributed by atoms with Crippen LogP contribution >= 0.6 is 0 Å². The van der Waals surface area contributed by atoms with E-state index in [4.69, 9.17) is 19.9 Å². The van der Waals surface area contributed by atoms with Gasteiger partial charge in [0.15, 0.2) is 11.5 Å². The summed E-state index contributed by atoms with van der Waals surface area (Å²) in [5.41, 5.74) is 5.65. The standard InChI is InChI=1S/C16H20N2O5/c17-15(20)16(3-5-21-6-4-16)9-18-14(19)8-11-1-2-12-13(7-11)23-10-22-12/h1-2,7H,3-6,8-10H2,(H2,17,20)(H,18,19). The largest absolute Gasteiger partial charge is 0.454 e. The van der Waals surface area contributed by atoms with Crippen molar-refractivity contribution in [2.45, 2.75) is 19.3 Å². The van der Waals surface area contributed by atoms with Gasteiger partial charge in [-0.1, -0.05) is 6.07 Å². The fraction of sp³-hybridized carbons (Fsp3) is 0.500. The zero-order valence-electron chi connectivity index (χ0n) is 12.8. The minimum atomic E-state index is -0.706. The molecule has 2 aliphatic rings. The van der Waals surface area contributed by atoms with Crippen molar-refractivity contribution in [1.82, 2.24) is 5.32 Å². The Bertz CT molecular complexity index is 610. The smallest absolute Gasteiger partial charge is 0.231 e. The molecule has 0 atom stereocenters. The zero-order valence-corrected chi connectivity index (χ0v) is 12.8. The maximum Gasteiger partial charge on any atom is 0.231 e. The van der Waals surface area contributed by atoms with Crippen LogP contribution in [0.3, 0.4) is 0 Å². The van der Waals surface area contributed by atoms with Crippen LogP contribution in [-0.4, -0.2) is 38.4 Å². The van der Waals surface area contributed by atoms with Gasteiger partial charge in [-0.3, -0.25) is 9.59 Å². The molecule has 2 amide bonds. The van der Waals surface area contributed by atoms with Crippen molar-refractivity contribution in [3.63, 3.8) is 0 Å². The molecule has 124 valence electrons. The summed E-state index contributed by atoms with van der Waals surface area (Å²) >= 11 is 0. The van der Waals surface area contributed by atoms with E-state index < -0.39 is 5.41 Å². The second-order valence-corrected chi connectivity index (χ2v) is 5.90. The number of benzene rings is 1. The molecule has 3 N–H and O–H groups in total. The SMILES string of the molecule is NC(=O)C1(CNC(=O)Cc2ccc3c(c2)OCO3)CCOCC1. The highest BCUT2D eigenvalue weighted by atomic mass is 16.7. The first-order valence-corrected chi connectivity index (χ1v) is 7.62. The molecule has 0 aromatic heterocycles. The highest BCUT2D eigenvalue weighted by Gasteiger charge is 2.38. The third kappa shape index (κ3) is 3.39. The van der Waals surface area contributed by atoms with E-state index in [1.54, 1.807) is 12.1 Å². The van der Waals surface area contributed by atoms with Crippen LogP contribution in [0.5, 0.6) is 11.5 Å². The number of nitrogens with two attached hydrogens (primary N) is 1. The highest BCUT2D eigenvalue weighted by Crippen LogP contribution is 2.33. The molecule has 1 aromatic carbocycles. The first kappa shape index (κ1) is 15.6. The fourth-order valence-corrected chi connectivity index (χ4v) is 2.84. The van der Waals surface area contributed by atoms with E-state index >= 15 is 0 Å². The lowest BCUT2D eigenvalue weighted by Gasteiger charge is -2.34. The number of ether oxygens (including phenoxy) is 3. The molecular formula is C16H20N2O5. The number of hydrogen-bond donors (Lipinski definition) is 2. The molecule has 2 heterocycles. The number of nitrogens with one attached hydrogen (secondary N) is 1. The number of primary amides is 1. The van der Waals surface area contributed by atoms with Crippen molar-refractivity contribution < 1.29 is 23.8 Å². The Morgan fingerprint density at radius 3 is 2.65 bits per heavy atom. The summed E-state index contributed by atoms with van der Waals surface area (Å²) in [6.07, 6.45) is 1.28. The summed E-state index contributed by atoms with van der Waals surface area (Å²) in [7, 11) is 0. The molecule has 7 heteroatoms. The summed E-state index contributed by atoms with van der Waals surface area (Å²) in [6, 6.07) is 5.40. The van der Waals surface area contributed by atoms with Gasteiger partial charge in [-0.05, 0) is 30.5 Å². The predicted molar refractivity (Wildman–Crippen MR) is 81.0 cm³/mol. The van der Waals surface area contributed by atoms with Crippen LogP contribution in [-0.2, 0) is 20.7 Å². The van der Waals surface area contributed by atoms with Crippen molar-refractivity contribution in [2.75, 3.05) is 26.6 Å². The van der Waals surface area contributed by atoms with E-state index in [1.165, 1.54) is 0 Å². The molecule has 1 aromatic rings. The van der Waals surface area contributed by atoms with Crippen LogP contribution in [0, 0.1) is 5.41 Å². The lowest BCUT2D eigenvalue weighted by Crippen LogP contribution is -2.49. The summed E-state index contributed by atoms with van der Waals surface area (Å²) in [6.45, 7) is 1.42. The summed E-state index contributed by atoms with van der Waals surface area (Å²) in [5, 5.41) is 2.82. The molecule has 3 rings (SSSR count). The lowest BCUT2D eigenvalue weighted by atomic mass is 9.79. The molecule has 0 spiro atoms. The number of carbonyl (C=O) groups excluding carboxylic acids is 2. The average molecular weight is 320 g/mol. The van der Waals surface area contributed by atoms with Crippen molar-refractivity contribution in [3.8, 4) is 11.5 Å². The average Bonchev–Trinajstić information content (AvgIpc) is 3.01. The molecule has 0 bridgehead atoms. The Labute approximate surface area is 134 Å². The Morgan fingerprint density at radius 1 is 1.17 bits per heavy atom. The maximum absolute atomic E-state index is 12.2. The molecular weight excluding hydrogens is 300 g/mol. The van der Waals surface area contributed by atoms with E-state index in [-0.39, 0.29) is 31.6 Å². The second kappa shape index (κ2) is 6.45. The molecule has 23 heavy (non-hydrogen) atoms. The van der Waals surface area contributed by atoms with Crippen LogP contribution in [0.4, 0.5) is 0 Å². The summed E-state index contributed by atoms with van der Waals surface area (Å²) in [5.74, 6) is 0.789. The maximum atomic E-state index is 12.2. The van der Waals surface area contributed by atoms with E-state index in [0.29, 0.717) is 37.6 Å². The van der Waals surface area contributed by atoms with Gasteiger partial charge < -0.3 is 25.3 Å². The Kier molecular flexibility index (Phi) is 4.38. The normalized spacial score (nSPS) is 18.4. The molecule has 0 saturated carbocycles. The van der Waals surface area contributed by atoms with Gasteiger partial charge in [0.25, 0.3) is 0 Å². The van der Waals surface area contributed by atoms with Crippen molar-refractivity contribution >= 4 is 11.8 Å². The Morgan fingerprint density at radius 2 is 1.91 bits per heavy atom. The summed E-state index contributed by atoms with van der Waals surface area (Å²) in [4.78, 5) is 23.9. The quantitative estimate of drug-likeness (QED) is 0.816. The van der Waals surface area contributed by atoms with Gasteiger partial charge in [0.05, 0.1) is 11.8 Å². The van der Waals surface area contributed by atoms with Crippen molar-refractivity contribution in [3.05, 3.63) is 23.8 Å². The second-order valence-electron chi connectivity index (χ2n) is 5.90. The monoisotopic (exact) mass is 320 g/mol. The Hall–Kier alpha value is -2.28. The first-order valence-electron chi connectivity index (χ1n) is 7.62. The first-order chi connectivity index (χ1) is 11.1. The lowest BCUT2D eigenvalue weighted by molar-refractivity contribution is -0.133.